The molecule has 6 heteroatoms. The van der Waals surface area contributed by atoms with Gasteiger partial charge in [0.1, 0.15) is 18.1 Å². The van der Waals surface area contributed by atoms with E-state index in [1.165, 1.54) is 11.3 Å². The zero-order valence-electron chi connectivity index (χ0n) is 16.9. The number of benzene rings is 2. The van der Waals surface area contributed by atoms with Crippen LogP contribution < -0.4 is 15.4 Å². The van der Waals surface area contributed by atoms with Gasteiger partial charge in [0, 0.05) is 10.4 Å². The Morgan fingerprint density at radius 3 is 2.57 bits per heavy atom. The van der Waals surface area contributed by atoms with Crippen LogP contribution in [0.3, 0.4) is 0 Å². The Morgan fingerprint density at radius 1 is 1.07 bits per heavy atom. The number of aryl methyl sites for hydroxylation is 1. The maximum absolute atomic E-state index is 12.9. The van der Waals surface area contributed by atoms with Crippen molar-refractivity contribution in [3.8, 4) is 5.75 Å². The molecule has 0 saturated heterocycles. The van der Waals surface area contributed by atoms with E-state index in [0.29, 0.717) is 12.2 Å². The number of rotatable bonds is 8. The Balaban J connectivity index is 1.68. The molecule has 2 N–H and O–H groups in total. The number of hydrogen-bond donors (Lipinski definition) is 2. The summed E-state index contributed by atoms with van der Waals surface area (Å²) < 4.78 is 5.70. The highest BCUT2D eigenvalue weighted by molar-refractivity contribution is 7.10. The third kappa shape index (κ3) is 6.32. The fourth-order valence-electron chi connectivity index (χ4n) is 2.74. The molecule has 0 aliphatic carbocycles. The van der Waals surface area contributed by atoms with Gasteiger partial charge in [0.2, 0.25) is 0 Å². The highest BCUT2D eigenvalue weighted by atomic mass is 32.1. The molecule has 0 saturated carbocycles. The van der Waals surface area contributed by atoms with Crippen LogP contribution in [0.15, 0.2) is 77.8 Å². The minimum Gasteiger partial charge on any atom is -0.491 e. The molecule has 0 aliphatic rings. The normalized spacial score (nSPS) is 12.1. The Morgan fingerprint density at radius 2 is 1.87 bits per heavy atom. The van der Waals surface area contributed by atoms with E-state index in [0.717, 1.165) is 16.2 Å². The van der Waals surface area contributed by atoms with Crippen molar-refractivity contribution in [3.05, 3.63) is 93.8 Å². The zero-order valence-corrected chi connectivity index (χ0v) is 17.7. The first kappa shape index (κ1) is 21.3. The van der Waals surface area contributed by atoms with Crippen molar-refractivity contribution in [3.63, 3.8) is 0 Å². The van der Waals surface area contributed by atoms with Crippen molar-refractivity contribution in [2.24, 2.45) is 0 Å². The molecule has 0 bridgehead atoms. The van der Waals surface area contributed by atoms with Crippen LogP contribution in [0.2, 0.25) is 0 Å². The lowest BCUT2D eigenvalue weighted by Gasteiger charge is -2.17. The van der Waals surface area contributed by atoms with Gasteiger partial charge in [0.05, 0.1) is 6.04 Å². The molecule has 30 heavy (non-hydrogen) atoms. The van der Waals surface area contributed by atoms with Crippen LogP contribution in [0.5, 0.6) is 5.75 Å². The van der Waals surface area contributed by atoms with Crippen molar-refractivity contribution in [1.29, 1.82) is 0 Å². The number of thiophene rings is 1. The highest BCUT2D eigenvalue weighted by Crippen LogP contribution is 2.14. The summed E-state index contributed by atoms with van der Waals surface area (Å²) in [4.78, 5) is 26.4. The van der Waals surface area contributed by atoms with E-state index in [1.807, 2.05) is 73.8 Å². The second kappa shape index (κ2) is 10.4. The molecular formula is C24H24N2O3S. The quantitative estimate of drug-likeness (QED) is 0.531. The van der Waals surface area contributed by atoms with Gasteiger partial charge in [-0.05, 0) is 55.6 Å². The summed E-state index contributed by atoms with van der Waals surface area (Å²) in [5.41, 5.74) is 1.67. The second-order valence-corrected chi connectivity index (χ2v) is 7.87. The lowest BCUT2D eigenvalue weighted by molar-refractivity contribution is -0.118. The van der Waals surface area contributed by atoms with Crippen molar-refractivity contribution >= 4 is 29.2 Å². The maximum Gasteiger partial charge on any atom is 0.268 e. The maximum atomic E-state index is 12.9. The van der Waals surface area contributed by atoms with Gasteiger partial charge in [-0.15, -0.1) is 11.3 Å². The first-order valence-corrected chi connectivity index (χ1v) is 10.5. The van der Waals surface area contributed by atoms with Crippen LogP contribution in [-0.2, 0) is 4.79 Å². The van der Waals surface area contributed by atoms with Gasteiger partial charge >= 0.3 is 0 Å². The van der Waals surface area contributed by atoms with Crippen molar-refractivity contribution < 1.29 is 14.3 Å². The van der Waals surface area contributed by atoms with E-state index in [4.69, 9.17) is 4.74 Å². The van der Waals surface area contributed by atoms with Gasteiger partial charge < -0.3 is 15.4 Å². The van der Waals surface area contributed by atoms with Crippen LogP contribution in [0.25, 0.3) is 6.08 Å². The smallest absolute Gasteiger partial charge is 0.268 e. The third-order valence-electron chi connectivity index (χ3n) is 4.22. The lowest BCUT2D eigenvalue weighted by atomic mass is 10.1. The molecule has 2 aromatic carbocycles. The number of nitrogens with one attached hydrogen (secondary N) is 2. The largest absolute Gasteiger partial charge is 0.491 e. The molecule has 5 nitrogen and oxygen atoms in total. The molecule has 1 aromatic heterocycles. The van der Waals surface area contributed by atoms with Crippen LogP contribution in [0.1, 0.15) is 27.7 Å². The van der Waals surface area contributed by atoms with Crippen molar-refractivity contribution in [2.75, 3.05) is 6.61 Å². The molecule has 1 heterocycles. The van der Waals surface area contributed by atoms with Crippen LogP contribution in [0, 0.1) is 6.92 Å². The van der Waals surface area contributed by atoms with E-state index in [9.17, 15) is 9.59 Å². The Kier molecular flexibility index (Phi) is 7.40. The lowest BCUT2D eigenvalue weighted by Crippen LogP contribution is -2.41. The van der Waals surface area contributed by atoms with Gasteiger partial charge in [-0.3, -0.25) is 9.59 Å². The molecule has 1 atom stereocenters. The van der Waals surface area contributed by atoms with Crippen LogP contribution in [-0.4, -0.2) is 24.5 Å². The minimum atomic E-state index is -0.367. The Hall–Kier alpha value is -3.38. The second-order valence-electron chi connectivity index (χ2n) is 6.90. The predicted molar refractivity (Wildman–Crippen MR) is 120 cm³/mol. The van der Waals surface area contributed by atoms with Crippen molar-refractivity contribution in [2.45, 2.75) is 19.9 Å². The topological polar surface area (TPSA) is 67.4 Å². The average molecular weight is 421 g/mol. The molecule has 2 amide bonds. The fourth-order valence-corrected chi connectivity index (χ4v) is 3.39. The summed E-state index contributed by atoms with van der Waals surface area (Å²) in [6, 6.07) is 20.2. The zero-order chi connectivity index (χ0) is 21.3. The predicted octanol–water partition coefficient (Wildman–Crippen LogP) is 4.41. The monoisotopic (exact) mass is 420 g/mol. The number of ether oxygens (including phenoxy) is 1. The van der Waals surface area contributed by atoms with Gasteiger partial charge in [0.25, 0.3) is 11.8 Å². The van der Waals surface area contributed by atoms with Gasteiger partial charge in [-0.25, -0.2) is 0 Å². The summed E-state index contributed by atoms with van der Waals surface area (Å²) in [6.45, 7) is 4.08. The molecule has 0 aliphatic heterocycles. The molecule has 0 unspecified atom stereocenters. The van der Waals surface area contributed by atoms with Crippen LogP contribution >= 0.6 is 11.3 Å². The number of para-hydroxylation sites is 1. The van der Waals surface area contributed by atoms with Gasteiger partial charge in [-0.1, -0.05) is 42.0 Å². The molecule has 154 valence electrons. The summed E-state index contributed by atoms with van der Waals surface area (Å²) in [6.07, 6.45) is 1.68. The molecule has 3 rings (SSSR count). The summed E-state index contributed by atoms with van der Waals surface area (Å²) >= 11 is 1.49. The SMILES string of the molecule is Cc1cccc(C(=O)N/C(=C\c2cccs2)C(=O)N[C@H](C)COc2ccccc2)c1. The molecule has 0 spiro atoms. The van der Waals surface area contributed by atoms with Crippen molar-refractivity contribution in [1.82, 2.24) is 10.6 Å². The minimum absolute atomic E-state index is 0.190. The van der Waals surface area contributed by atoms with E-state index >= 15 is 0 Å². The summed E-state index contributed by atoms with van der Waals surface area (Å²) in [5, 5.41) is 7.56. The van der Waals surface area contributed by atoms with Crippen LogP contribution in [0.4, 0.5) is 0 Å². The number of carbonyl (C=O) groups excluding carboxylic acids is 2. The Bertz CT molecular complexity index is 1010. The highest BCUT2D eigenvalue weighted by Gasteiger charge is 2.17. The Labute approximate surface area is 180 Å². The summed E-state index contributed by atoms with van der Waals surface area (Å²) in [7, 11) is 0. The molecule has 0 fully saturated rings. The van der Waals surface area contributed by atoms with Gasteiger partial charge in [0.15, 0.2) is 0 Å². The van der Waals surface area contributed by atoms with E-state index in [1.54, 1.807) is 18.2 Å². The number of amides is 2. The molecule has 3 aromatic rings. The first-order valence-electron chi connectivity index (χ1n) is 9.63. The van der Waals surface area contributed by atoms with E-state index in [-0.39, 0.29) is 23.6 Å². The first-order chi connectivity index (χ1) is 14.5. The molecule has 0 radical (unpaired) electrons. The summed E-state index contributed by atoms with van der Waals surface area (Å²) in [5.74, 6) is 0.0408. The van der Waals surface area contributed by atoms with E-state index in [2.05, 4.69) is 10.6 Å². The number of carbonyl (C=O) groups is 2. The van der Waals surface area contributed by atoms with Gasteiger partial charge in [-0.2, -0.15) is 0 Å². The average Bonchev–Trinajstić information content (AvgIpc) is 3.25. The fraction of sp³-hybridized carbons (Fsp3) is 0.167. The standard InChI is InChI=1S/C24H24N2O3S/c1-17-8-6-9-19(14-17)23(27)26-22(15-21-12-7-13-30-21)24(28)25-18(2)16-29-20-10-4-3-5-11-20/h3-15,18H,16H2,1-2H3,(H,25,28)(H,26,27)/b22-15-/t18-/m1/s1. The number of hydrogen-bond acceptors (Lipinski definition) is 4. The third-order valence-corrected chi connectivity index (χ3v) is 5.04. The van der Waals surface area contributed by atoms with E-state index < -0.39 is 0 Å². The molecular weight excluding hydrogens is 396 g/mol.